The number of anilines is 1. The summed E-state index contributed by atoms with van der Waals surface area (Å²) in [5.41, 5.74) is 7.11. The number of aliphatic hydroxyl groups excluding tert-OH is 1. The number of carbonyl (C=O) groups excluding carboxylic acids is 1. The Bertz CT molecular complexity index is 1150. The standard InChI is InChI=1S/C22H25N7O3S/c1-32-16-3-2-15(11-23)17(10-16)33-22-26-19-20(24)25-13-29(21(19)27-22)9-6-14-4-7-28(8-5-14)18(31)12-30/h2-3,10,13-14,30H,4-9,12,24H2,1H3. The Kier molecular flexibility index (Phi) is 6.96. The van der Waals surface area contributed by atoms with E-state index in [0.29, 0.717) is 64.3 Å². The van der Waals surface area contributed by atoms with E-state index in [9.17, 15) is 10.1 Å². The molecule has 3 N–H and O–H groups in total. The Balaban J connectivity index is 1.49. The highest BCUT2D eigenvalue weighted by atomic mass is 32.2. The highest BCUT2D eigenvalue weighted by Crippen LogP contribution is 2.35. The van der Waals surface area contributed by atoms with Gasteiger partial charge in [0.2, 0.25) is 5.91 Å². The predicted octanol–water partition coefficient (Wildman–Crippen LogP) is 2.01. The summed E-state index contributed by atoms with van der Waals surface area (Å²) in [6.07, 6.45) is 4.39. The second kappa shape index (κ2) is 10.1. The van der Waals surface area contributed by atoms with Gasteiger partial charge in [0, 0.05) is 24.5 Å². The fraction of sp³-hybridized carbons (Fsp3) is 0.409. The number of piperidine rings is 1. The number of nitrogens with zero attached hydrogens (tertiary/aromatic N) is 6. The fourth-order valence-corrected chi connectivity index (χ4v) is 4.81. The van der Waals surface area contributed by atoms with E-state index in [4.69, 9.17) is 15.6 Å². The Morgan fingerprint density at radius 3 is 2.85 bits per heavy atom. The van der Waals surface area contributed by atoms with Crippen molar-refractivity contribution in [2.45, 2.75) is 35.9 Å². The number of hydrogen-bond donors (Lipinski definition) is 2. The average Bonchev–Trinajstić information content (AvgIpc) is 3.28. The molecular formula is C22H25N7O3S. The van der Waals surface area contributed by atoms with Crippen LogP contribution in [0.25, 0.3) is 11.5 Å². The van der Waals surface area contributed by atoms with E-state index in [0.717, 1.165) is 19.3 Å². The minimum absolute atomic E-state index is 0.208. The van der Waals surface area contributed by atoms with Crippen molar-refractivity contribution in [1.82, 2.24) is 24.4 Å². The lowest BCUT2D eigenvalue weighted by Crippen LogP contribution is -2.40. The molecule has 1 saturated heterocycles. The van der Waals surface area contributed by atoms with Crippen LogP contribution < -0.4 is 10.5 Å². The molecule has 0 saturated carbocycles. The van der Waals surface area contributed by atoms with Gasteiger partial charge in [-0.15, -0.1) is 0 Å². The lowest BCUT2D eigenvalue weighted by Gasteiger charge is -2.31. The number of carbonyl (C=O) groups is 1. The minimum Gasteiger partial charge on any atom is -0.497 e. The highest BCUT2D eigenvalue weighted by Gasteiger charge is 2.24. The zero-order valence-corrected chi connectivity index (χ0v) is 19.1. The van der Waals surface area contributed by atoms with Crippen LogP contribution in [0.3, 0.4) is 0 Å². The van der Waals surface area contributed by atoms with Gasteiger partial charge < -0.3 is 25.0 Å². The van der Waals surface area contributed by atoms with Crippen LogP contribution in [0, 0.1) is 17.2 Å². The number of likely N-dealkylation sites (tertiary alicyclic amines) is 1. The molecule has 3 heterocycles. The van der Waals surface area contributed by atoms with Crippen molar-refractivity contribution in [3.63, 3.8) is 0 Å². The number of hydrogen-bond acceptors (Lipinski definition) is 9. The first kappa shape index (κ1) is 22.8. The van der Waals surface area contributed by atoms with Crippen LogP contribution in [0.1, 0.15) is 24.8 Å². The van der Waals surface area contributed by atoms with Crippen LogP contribution in [-0.2, 0) is 11.3 Å². The highest BCUT2D eigenvalue weighted by molar-refractivity contribution is 7.99. The van der Waals surface area contributed by atoms with E-state index < -0.39 is 6.61 Å². The van der Waals surface area contributed by atoms with Crippen molar-refractivity contribution < 1.29 is 14.6 Å². The summed E-state index contributed by atoms with van der Waals surface area (Å²) in [4.78, 5) is 27.6. The zero-order valence-electron chi connectivity index (χ0n) is 18.3. The molecule has 11 heteroatoms. The summed E-state index contributed by atoms with van der Waals surface area (Å²) in [5.74, 6) is 1.87. The van der Waals surface area contributed by atoms with Gasteiger partial charge in [0.1, 0.15) is 18.4 Å². The van der Waals surface area contributed by atoms with Gasteiger partial charge in [-0.25, -0.2) is 15.0 Å². The number of amides is 1. The molecule has 0 aliphatic carbocycles. The van der Waals surface area contributed by atoms with Gasteiger partial charge in [-0.3, -0.25) is 4.79 Å². The summed E-state index contributed by atoms with van der Waals surface area (Å²) < 4.78 is 7.22. The summed E-state index contributed by atoms with van der Waals surface area (Å²) in [6, 6.07) is 7.42. The van der Waals surface area contributed by atoms with Gasteiger partial charge in [0.05, 0.1) is 19.0 Å². The Morgan fingerprint density at radius 1 is 1.36 bits per heavy atom. The summed E-state index contributed by atoms with van der Waals surface area (Å²) >= 11 is 1.28. The summed E-state index contributed by atoms with van der Waals surface area (Å²) in [5, 5.41) is 18.9. The number of aliphatic hydroxyl groups is 1. The molecule has 0 spiro atoms. The molecule has 1 amide bonds. The number of rotatable bonds is 7. The first-order valence-electron chi connectivity index (χ1n) is 10.6. The lowest BCUT2D eigenvalue weighted by molar-refractivity contribution is -0.135. The third-order valence-electron chi connectivity index (χ3n) is 5.86. The Hall–Kier alpha value is -3.36. The molecule has 3 aliphatic rings. The molecule has 1 fully saturated rings. The maximum Gasteiger partial charge on any atom is 0.248 e. The van der Waals surface area contributed by atoms with Crippen molar-refractivity contribution in [1.29, 1.82) is 5.26 Å². The molecule has 0 unspecified atom stereocenters. The molecular weight excluding hydrogens is 442 g/mol. The average molecular weight is 468 g/mol. The van der Waals surface area contributed by atoms with Crippen molar-refractivity contribution in [2.24, 2.45) is 5.92 Å². The third kappa shape index (κ3) is 5.02. The molecule has 1 aromatic rings. The van der Waals surface area contributed by atoms with Crippen LogP contribution in [0.2, 0.25) is 0 Å². The number of nitriles is 1. The molecule has 0 bridgehead atoms. The van der Waals surface area contributed by atoms with Gasteiger partial charge in [-0.1, -0.05) is 0 Å². The molecule has 4 rings (SSSR count). The molecule has 0 atom stereocenters. The summed E-state index contributed by atoms with van der Waals surface area (Å²) in [6.45, 7) is 1.61. The van der Waals surface area contributed by atoms with Gasteiger partial charge >= 0.3 is 0 Å². The van der Waals surface area contributed by atoms with Crippen LogP contribution >= 0.6 is 11.8 Å². The van der Waals surface area contributed by atoms with Crippen LogP contribution in [0.4, 0.5) is 5.82 Å². The van der Waals surface area contributed by atoms with Crippen molar-refractivity contribution in [3.8, 4) is 23.3 Å². The number of fused-ring (bicyclic) bond motifs is 1. The van der Waals surface area contributed by atoms with E-state index >= 15 is 0 Å². The second-order valence-electron chi connectivity index (χ2n) is 7.85. The Morgan fingerprint density at radius 2 is 2.15 bits per heavy atom. The molecule has 10 nitrogen and oxygen atoms in total. The monoisotopic (exact) mass is 467 g/mol. The lowest BCUT2D eigenvalue weighted by atomic mass is 9.93. The minimum atomic E-state index is -0.433. The van der Waals surface area contributed by atoms with E-state index in [2.05, 4.69) is 21.0 Å². The zero-order chi connectivity index (χ0) is 23.4. The van der Waals surface area contributed by atoms with Crippen LogP contribution in [0.15, 0.2) is 34.6 Å². The third-order valence-corrected chi connectivity index (χ3v) is 6.79. The van der Waals surface area contributed by atoms with Gasteiger partial charge in [-0.2, -0.15) is 5.26 Å². The largest absolute Gasteiger partial charge is 0.497 e. The molecule has 3 aliphatic heterocycles. The van der Waals surface area contributed by atoms with E-state index in [1.165, 1.54) is 11.8 Å². The second-order valence-corrected chi connectivity index (χ2v) is 8.86. The van der Waals surface area contributed by atoms with Gasteiger partial charge in [-0.05, 0) is 55.1 Å². The normalized spacial score (nSPS) is 14.4. The van der Waals surface area contributed by atoms with Gasteiger partial charge in [0.25, 0.3) is 0 Å². The number of aromatic nitrogens is 4. The fourth-order valence-electron chi connectivity index (χ4n) is 3.94. The number of ether oxygens (including phenoxy) is 1. The predicted molar refractivity (Wildman–Crippen MR) is 122 cm³/mol. The van der Waals surface area contributed by atoms with E-state index in [1.807, 2.05) is 4.57 Å². The maximum atomic E-state index is 11.7. The van der Waals surface area contributed by atoms with E-state index in [1.54, 1.807) is 36.5 Å². The van der Waals surface area contributed by atoms with Gasteiger partial charge in [0.15, 0.2) is 22.5 Å². The SMILES string of the molecule is COc1ccc(C#N)c(Sc2nc3c(N)ncn(CCC4CCN(C(=O)CO)CC4)c-3n2)c1. The smallest absolute Gasteiger partial charge is 0.248 e. The maximum absolute atomic E-state index is 11.7. The first-order valence-corrected chi connectivity index (χ1v) is 11.5. The molecule has 33 heavy (non-hydrogen) atoms. The number of aryl methyl sites for hydroxylation is 1. The number of nitrogens with two attached hydrogens (primary N) is 1. The topological polar surface area (TPSA) is 143 Å². The van der Waals surface area contributed by atoms with Crippen LogP contribution in [0.5, 0.6) is 5.75 Å². The Labute approximate surface area is 195 Å². The quantitative estimate of drug-likeness (QED) is 0.533. The number of nitrogen functional groups attached to an aromatic ring is 1. The molecule has 172 valence electrons. The van der Waals surface area contributed by atoms with Crippen molar-refractivity contribution >= 4 is 23.5 Å². The molecule has 1 aromatic carbocycles. The van der Waals surface area contributed by atoms with E-state index in [-0.39, 0.29) is 5.91 Å². The number of benzene rings is 1. The van der Waals surface area contributed by atoms with Crippen molar-refractivity contribution in [3.05, 3.63) is 30.1 Å². The number of methoxy groups -OCH3 is 1. The van der Waals surface area contributed by atoms with Crippen LogP contribution in [-0.4, -0.2) is 62.2 Å². The molecule has 0 aromatic heterocycles. The first-order chi connectivity index (χ1) is 16.0. The summed E-state index contributed by atoms with van der Waals surface area (Å²) in [7, 11) is 1.58. The number of imidazole rings is 1. The molecule has 0 radical (unpaired) electrons. The van der Waals surface area contributed by atoms with Crippen molar-refractivity contribution in [2.75, 3.05) is 32.5 Å².